The summed E-state index contributed by atoms with van der Waals surface area (Å²) in [5.41, 5.74) is 0. The molecule has 0 aromatic carbocycles. The van der Waals surface area contributed by atoms with Crippen LogP contribution in [-0.2, 0) is 4.79 Å². The van der Waals surface area contributed by atoms with Crippen molar-refractivity contribution >= 4 is 11.7 Å². The summed E-state index contributed by atoms with van der Waals surface area (Å²) in [6.45, 7) is 0. The minimum absolute atomic E-state index is 0.0506. The number of nitrogens with zero attached hydrogens (tertiary/aromatic N) is 1. The van der Waals surface area contributed by atoms with Crippen molar-refractivity contribution in [1.82, 2.24) is 5.32 Å². The smallest absolute Gasteiger partial charge is 0.225 e. The Hall–Kier alpha value is -1.06. The lowest BCUT2D eigenvalue weighted by atomic mass is 10.2. The lowest BCUT2D eigenvalue weighted by Gasteiger charge is -1.98. The first-order valence-electron chi connectivity index (χ1n) is 3.33. The number of oxime groups is 1. The molecule has 1 fully saturated rings. The van der Waals surface area contributed by atoms with Crippen LogP contribution >= 0.6 is 0 Å². The number of carbonyl (C=O) groups excluding carboxylic acids is 1. The second-order valence-corrected chi connectivity index (χ2v) is 2.30. The molecule has 4 heteroatoms. The average molecular weight is 142 g/mol. The van der Waals surface area contributed by atoms with Crippen LogP contribution in [0.15, 0.2) is 5.16 Å². The van der Waals surface area contributed by atoms with E-state index in [-0.39, 0.29) is 5.91 Å². The highest BCUT2D eigenvalue weighted by Crippen LogP contribution is 2.04. The van der Waals surface area contributed by atoms with Gasteiger partial charge in [0.05, 0.1) is 0 Å². The van der Waals surface area contributed by atoms with E-state index >= 15 is 0 Å². The van der Waals surface area contributed by atoms with Crippen molar-refractivity contribution in [1.29, 1.82) is 0 Å². The number of hydrogen-bond donors (Lipinski definition) is 2. The Morgan fingerprint density at radius 2 is 2.10 bits per heavy atom. The molecular weight excluding hydrogens is 132 g/mol. The van der Waals surface area contributed by atoms with Crippen LogP contribution in [-0.4, -0.2) is 17.0 Å². The summed E-state index contributed by atoms with van der Waals surface area (Å²) in [6.07, 6.45) is 3.00. The molecule has 1 rings (SSSR count). The minimum atomic E-state index is -0.0506. The molecule has 4 nitrogen and oxygen atoms in total. The van der Waals surface area contributed by atoms with Gasteiger partial charge in [-0.05, 0) is 12.8 Å². The van der Waals surface area contributed by atoms with Crippen molar-refractivity contribution in [2.24, 2.45) is 5.16 Å². The number of rotatable bonds is 0. The maximum absolute atomic E-state index is 10.7. The van der Waals surface area contributed by atoms with E-state index in [1.54, 1.807) is 0 Å². The van der Waals surface area contributed by atoms with E-state index in [9.17, 15) is 4.79 Å². The Morgan fingerprint density at radius 1 is 1.40 bits per heavy atom. The van der Waals surface area contributed by atoms with Gasteiger partial charge in [0.25, 0.3) is 0 Å². The monoisotopic (exact) mass is 142 g/mol. The number of amidine groups is 1. The van der Waals surface area contributed by atoms with Gasteiger partial charge in [-0.3, -0.25) is 4.79 Å². The Morgan fingerprint density at radius 3 is 2.80 bits per heavy atom. The third-order valence-corrected chi connectivity index (χ3v) is 1.47. The zero-order valence-electron chi connectivity index (χ0n) is 5.63. The molecule has 0 radical (unpaired) electrons. The van der Waals surface area contributed by atoms with Gasteiger partial charge in [0, 0.05) is 12.8 Å². The highest BCUT2D eigenvalue weighted by atomic mass is 16.4. The van der Waals surface area contributed by atoms with Crippen LogP contribution in [0.2, 0.25) is 0 Å². The predicted octanol–water partition coefficient (Wildman–Crippen LogP) is 0.464. The van der Waals surface area contributed by atoms with E-state index < -0.39 is 0 Å². The summed E-state index contributed by atoms with van der Waals surface area (Å²) in [5.74, 6) is 0.341. The Balaban J connectivity index is 2.54. The van der Waals surface area contributed by atoms with Crippen molar-refractivity contribution < 1.29 is 10.0 Å². The molecule has 56 valence electrons. The maximum atomic E-state index is 10.7. The third-order valence-electron chi connectivity index (χ3n) is 1.47. The standard InChI is InChI=1S/C6H10N2O2/c9-6-4-2-1-3-5(7-6)8-10/h10H,1-4H2,(H,7,8,9). The van der Waals surface area contributed by atoms with Crippen LogP contribution in [0.3, 0.4) is 0 Å². The molecule has 1 aliphatic heterocycles. The van der Waals surface area contributed by atoms with Crippen LogP contribution < -0.4 is 5.32 Å². The van der Waals surface area contributed by atoms with Gasteiger partial charge in [-0.15, -0.1) is 0 Å². The van der Waals surface area contributed by atoms with Gasteiger partial charge in [-0.2, -0.15) is 0 Å². The Labute approximate surface area is 58.9 Å². The summed E-state index contributed by atoms with van der Waals surface area (Å²) in [7, 11) is 0. The molecule has 1 amide bonds. The van der Waals surface area contributed by atoms with E-state index in [1.165, 1.54) is 0 Å². The zero-order valence-corrected chi connectivity index (χ0v) is 5.63. The summed E-state index contributed by atoms with van der Waals surface area (Å²) < 4.78 is 0. The van der Waals surface area contributed by atoms with Crippen LogP contribution in [0.5, 0.6) is 0 Å². The molecule has 0 unspecified atom stereocenters. The van der Waals surface area contributed by atoms with E-state index in [0.29, 0.717) is 18.7 Å². The van der Waals surface area contributed by atoms with Gasteiger partial charge in [0.2, 0.25) is 5.91 Å². The molecule has 10 heavy (non-hydrogen) atoms. The van der Waals surface area contributed by atoms with Crippen LogP contribution in [0, 0.1) is 0 Å². The van der Waals surface area contributed by atoms with Gasteiger partial charge in [-0.1, -0.05) is 5.16 Å². The van der Waals surface area contributed by atoms with Crippen LogP contribution in [0.4, 0.5) is 0 Å². The lowest BCUT2D eigenvalue weighted by molar-refractivity contribution is -0.119. The number of amides is 1. The first kappa shape index (κ1) is 7.05. The Kier molecular flexibility index (Phi) is 2.25. The van der Waals surface area contributed by atoms with Crippen LogP contribution in [0.1, 0.15) is 25.7 Å². The lowest BCUT2D eigenvalue weighted by Crippen LogP contribution is -2.27. The molecule has 0 saturated carbocycles. The molecular formula is C6H10N2O2. The fraction of sp³-hybridized carbons (Fsp3) is 0.667. The number of nitrogens with one attached hydrogen (secondary N) is 1. The quantitative estimate of drug-likeness (QED) is 0.381. The largest absolute Gasteiger partial charge is 0.409 e. The molecule has 1 heterocycles. The van der Waals surface area contributed by atoms with E-state index in [4.69, 9.17) is 5.21 Å². The van der Waals surface area contributed by atoms with Crippen LogP contribution in [0.25, 0.3) is 0 Å². The molecule has 1 aliphatic rings. The molecule has 0 spiro atoms. The average Bonchev–Trinajstić information content (AvgIpc) is 2.13. The van der Waals surface area contributed by atoms with Gasteiger partial charge < -0.3 is 10.5 Å². The normalized spacial score (nSPS) is 24.0. The fourth-order valence-corrected chi connectivity index (χ4v) is 0.939. The molecule has 1 saturated heterocycles. The first-order chi connectivity index (χ1) is 4.83. The first-order valence-corrected chi connectivity index (χ1v) is 3.33. The van der Waals surface area contributed by atoms with Crippen molar-refractivity contribution in [2.45, 2.75) is 25.7 Å². The van der Waals surface area contributed by atoms with E-state index in [2.05, 4.69) is 10.5 Å². The van der Waals surface area contributed by atoms with Gasteiger partial charge >= 0.3 is 0 Å². The highest BCUT2D eigenvalue weighted by Gasteiger charge is 2.10. The second kappa shape index (κ2) is 3.20. The van der Waals surface area contributed by atoms with Crippen molar-refractivity contribution in [3.8, 4) is 0 Å². The third kappa shape index (κ3) is 1.72. The topological polar surface area (TPSA) is 61.7 Å². The van der Waals surface area contributed by atoms with Crippen molar-refractivity contribution in [3.63, 3.8) is 0 Å². The summed E-state index contributed by atoms with van der Waals surface area (Å²) in [4.78, 5) is 10.7. The molecule has 2 N–H and O–H groups in total. The van der Waals surface area contributed by atoms with Gasteiger partial charge in [0.1, 0.15) is 5.84 Å². The van der Waals surface area contributed by atoms with E-state index in [0.717, 1.165) is 12.8 Å². The fourth-order valence-electron chi connectivity index (χ4n) is 0.939. The predicted molar refractivity (Wildman–Crippen MR) is 35.8 cm³/mol. The zero-order chi connectivity index (χ0) is 7.40. The highest BCUT2D eigenvalue weighted by molar-refractivity contribution is 5.98. The van der Waals surface area contributed by atoms with Gasteiger partial charge in [0.15, 0.2) is 0 Å². The van der Waals surface area contributed by atoms with Crippen molar-refractivity contribution in [2.75, 3.05) is 0 Å². The molecule has 0 aromatic heterocycles. The molecule has 0 aliphatic carbocycles. The molecule has 0 bridgehead atoms. The van der Waals surface area contributed by atoms with Gasteiger partial charge in [-0.25, -0.2) is 0 Å². The minimum Gasteiger partial charge on any atom is -0.409 e. The second-order valence-electron chi connectivity index (χ2n) is 2.30. The summed E-state index contributed by atoms with van der Waals surface area (Å²) in [5, 5.41) is 13.7. The molecule has 0 aromatic rings. The summed E-state index contributed by atoms with van der Waals surface area (Å²) in [6, 6.07) is 0. The maximum Gasteiger partial charge on any atom is 0.225 e. The SMILES string of the molecule is O=C1CCCCC(=NO)N1. The molecule has 0 atom stereocenters. The van der Waals surface area contributed by atoms with E-state index in [1.807, 2.05) is 0 Å². The Bertz CT molecular complexity index is 165. The van der Waals surface area contributed by atoms with Crippen molar-refractivity contribution in [3.05, 3.63) is 0 Å². The number of hydrogen-bond acceptors (Lipinski definition) is 3. The number of carbonyl (C=O) groups is 1. The summed E-state index contributed by atoms with van der Waals surface area (Å²) >= 11 is 0.